The number of unbranched alkanes of at least 4 members (excludes halogenated alkanes) is 1. The largest absolute Gasteiger partial charge is 0.383 e. The number of hydrogen-bond donors (Lipinski definition) is 3. The van der Waals surface area contributed by atoms with E-state index in [4.69, 9.17) is 17.2 Å². The van der Waals surface area contributed by atoms with E-state index < -0.39 is 0 Å². The summed E-state index contributed by atoms with van der Waals surface area (Å²) in [5.74, 6) is 0.249. The second-order valence-electron chi connectivity index (χ2n) is 4.16. The smallest absolute Gasteiger partial charge is 0.349 e. The van der Waals surface area contributed by atoms with Crippen LogP contribution >= 0.6 is 0 Å². The van der Waals surface area contributed by atoms with Crippen molar-refractivity contribution in [3.05, 3.63) is 22.7 Å². The van der Waals surface area contributed by atoms with Crippen molar-refractivity contribution in [2.24, 2.45) is 11.5 Å². The molecule has 1 aromatic heterocycles. The van der Waals surface area contributed by atoms with Crippen LogP contribution in [0.5, 0.6) is 0 Å². The van der Waals surface area contributed by atoms with E-state index >= 15 is 0 Å². The first kappa shape index (κ1) is 13.7. The monoisotopic (exact) mass is 239 g/mol. The van der Waals surface area contributed by atoms with Gasteiger partial charge in [0, 0.05) is 18.8 Å². The first-order valence-corrected chi connectivity index (χ1v) is 5.92. The van der Waals surface area contributed by atoms with Crippen LogP contribution < -0.4 is 22.9 Å². The van der Waals surface area contributed by atoms with Crippen LogP contribution in [0.15, 0.2) is 17.1 Å². The Bertz CT molecular complexity index is 390. The molecule has 1 heterocycles. The molecule has 6 N–H and O–H groups in total. The van der Waals surface area contributed by atoms with Gasteiger partial charge in [-0.3, -0.25) is 4.57 Å². The summed E-state index contributed by atoms with van der Waals surface area (Å²) >= 11 is 0. The maximum absolute atomic E-state index is 11.4. The summed E-state index contributed by atoms with van der Waals surface area (Å²) in [5, 5.41) is 0. The van der Waals surface area contributed by atoms with E-state index in [2.05, 4.69) is 4.98 Å². The van der Waals surface area contributed by atoms with E-state index in [1.54, 1.807) is 12.3 Å². The summed E-state index contributed by atoms with van der Waals surface area (Å²) in [4.78, 5) is 15.1. The van der Waals surface area contributed by atoms with Crippen LogP contribution in [0.4, 0.5) is 5.82 Å². The minimum absolute atomic E-state index is 0.103. The van der Waals surface area contributed by atoms with Gasteiger partial charge in [0.05, 0.1) is 0 Å². The molecule has 0 aliphatic heterocycles. The molecule has 1 aromatic rings. The number of nitrogen functional groups attached to an aromatic ring is 1. The third kappa shape index (κ3) is 4.97. The Morgan fingerprint density at radius 2 is 2.12 bits per heavy atom. The molecule has 17 heavy (non-hydrogen) atoms. The summed E-state index contributed by atoms with van der Waals surface area (Å²) in [6.07, 6.45) is 5.38. The van der Waals surface area contributed by atoms with Gasteiger partial charge in [-0.15, -0.1) is 0 Å². The highest BCUT2D eigenvalue weighted by Crippen LogP contribution is 2.03. The zero-order chi connectivity index (χ0) is 12.7. The molecule has 0 saturated carbocycles. The van der Waals surface area contributed by atoms with Crippen LogP contribution in [-0.4, -0.2) is 22.1 Å². The van der Waals surface area contributed by atoms with Gasteiger partial charge in [0.15, 0.2) is 0 Å². The van der Waals surface area contributed by atoms with Crippen molar-refractivity contribution in [2.45, 2.75) is 38.3 Å². The predicted octanol–water partition coefficient (Wildman–Crippen LogP) is -0.328. The summed E-state index contributed by atoms with van der Waals surface area (Å²) in [7, 11) is 0. The van der Waals surface area contributed by atoms with E-state index in [-0.39, 0.29) is 17.5 Å². The van der Waals surface area contributed by atoms with E-state index in [1.165, 1.54) is 4.57 Å². The SMILES string of the molecule is NCCCCC(N)CCn1ccc(N)nc1=O. The van der Waals surface area contributed by atoms with Gasteiger partial charge in [0.2, 0.25) is 0 Å². The molecule has 0 bridgehead atoms. The molecule has 1 atom stereocenters. The molecule has 0 aromatic carbocycles. The molecule has 1 rings (SSSR count). The molecule has 6 nitrogen and oxygen atoms in total. The highest BCUT2D eigenvalue weighted by Gasteiger charge is 2.04. The average molecular weight is 239 g/mol. The average Bonchev–Trinajstić information content (AvgIpc) is 2.28. The molecule has 0 aliphatic carbocycles. The number of nitrogens with zero attached hydrogens (tertiary/aromatic N) is 2. The summed E-state index contributed by atoms with van der Waals surface area (Å²) in [6.45, 7) is 1.28. The number of rotatable bonds is 7. The Kier molecular flexibility index (Phi) is 5.65. The van der Waals surface area contributed by atoms with Gasteiger partial charge in [-0.05, 0) is 31.9 Å². The number of aromatic nitrogens is 2. The van der Waals surface area contributed by atoms with Gasteiger partial charge in [-0.2, -0.15) is 4.98 Å². The molecular formula is C11H21N5O. The van der Waals surface area contributed by atoms with E-state index in [9.17, 15) is 4.79 Å². The lowest BCUT2D eigenvalue weighted by Gasteiger charge is -2.12. The second-order valence-corrected chi connectivity index (χ2v) is 4.16. The Hall–Kier alpha value is -1.40. The summed E-state index contributed by atoms with van der Waals surface area (Å²) in [6, 6.07) is 1.72. The maximum Gasteiger partial charge on any atom is 0.349 e. The minimum Gasteiger partial charge on any atom is -0.383 e. The van der Waals surface area contributed by atoms with Crippen molar-refractivity contribution in [3.63, 3.8) is 0 Å². The van der Waals surface area contributed by atoms with Gasteiger partial charge < -0.3 is 17.2 Å². The molecule has 0 fully saturated rings. The highest BCUT2D eigenvalue weighted by molar-refractivity contribution is 5.23. The summed E-state index contributed by atoms with van der Waals surface area (Å²) < 4.78 is 1.53. The van der Waals surface area contributed by atoms with Crippen molar-refractivity contribution in [2.75, 3.05) is 12.3 Å². The first-order chi connectivity index (χ1) is 8.13. The lowest BCUT2D eigenvalue weighted by atomic mass is 10.1. The second kappa shape index (κ2) is 7.03. The Morgan fingerprint density at radius 3 is 2.76 bits per heavy atom. The van der Waals surface area contributed by atoms with Gasteiger partial charge >= 0.3 is 5.69 Å². The van der Waals surface area contributed by atoms with Gasteiger partial charge in [-0.25, -0.2) is 4.79 Å². The summed E-state index contributed by atoms with van der Waals surface area (Å²) in [5.41, 5.74) is 16.4. The number of anilines is 1. The van der Waals surface area contributed by atoms with E-state index in [0.29, 0.717) is 13.1 Å². The lowest BCUT2D eigenvalue weighted by molar-refractivity contribution is 0.485. The number of aryl methyl sites for hydroxylation is 1. The quantitative estimate of drug-likeness (QED) is 0.564. The van der Waals surface area contributed by atoms with Crippen LogP contribution in [0, 0.1) is 0 Å². The maximum atomic E-state index is 11.4. The number of hydrogen-bond acceptors (Lipinski definition) is 5. The highest BCUT2D eigenvalue weighted by atomic mass is 16.1. The fourth-order valence-corrected chi connectivity index (χ4v) is 1.61. The van der Waals surface area contributed by atoms with Crippen LogP contribution in [0.3, 0.4) is 0 Å². The molecular weight excluding hydrogens is 218 g/mol. The topological polar surface area (TPSA) is 113 Å². The van der Waals surface area contributed by atoms with Gasteiger partial charge in [-0.1, -0.05) is 6.42 Å². The fraction of sp³-hybridized carbons (Fsp3) is 0.636. The zero-order valence-electron chi connectivity index (χ0n) is 10.0. The number of nitrogens with two attached hydrogens (primary N) is 3. The van der Waals surface area contributed by atoms with Crippen LogP contribution in [0.2, 0.25) is 0 Å². The molecule has 0 amide bonds. The molecule has 0 radical (unpaired) electrons. The molecule has 0 aliphatic rings. The van der Waals surface area contributed by atoms with Crippen molar-refractivity contribution in [1.29, 1.82) is 0 Å². The molecule has 0 spiro atoms. The van der Waals surface area contributed by atoms with Crippen molar-refractivity contribution < 1.29 is 0 Å². The Labute approximate surface area is 101 Å². The van der Waals surface area contributed by atoms with Crippen molar-refractivity contribution in [1.82, 2.24) is 9.55 Å². The van der Waals surface area contributed by atoms with E-state index in [1.807, 2.05) is 0 Å². The molecule has 1 unspecified atom stereocenters. The third-order valence-corrected chi connectivity index (χ3v) is 2.67. The fourth-order valence-electron chi connectivity index (χ4n) is 1.61. The predicted molar refractivity (Wildman–Crippen MR) is 68.4 cm³/mol. The molecule has 6 heteroatoms. The first-order valence-electron chi connectivity index (χ1n) is 5.92. The van der Waals surface area contributed by atoms with E-state index in [0.717, 1.165) is 25.7 Å². The molecule has 0 saturated heterocycles. The van der Waals surface area contributed by atoms with Crippen molar-refractivity contribution in [3.8, 4) is 0 Å². The van der Waals surface area contributed by atoms with Crippen LogP contribution in [0.25, 0.3) is 0 Å². The standard InChI is InChI=1S/C11H21N5O/c12-6-2-1-3-9(13)4-7-16-8-5-10(14)15-11(16)17/h5,8-9H,1-4,6-7,12-13H2,(H2,14,15,17). The van der Waals surface area contributed by atoms with Gasteiger partial charge in [0.25, 0.3) is 0 Å². The lowest BCUT2D eigenvalue weighted by Crippen LogP contribution is -2.28. The Morgan fingerprint density at radius 1 is 1.35 bits per heavy atom. The van der Waals surface area contributed by atoms with Crippen LogP contribution in [0.1, 0.15) is 25.7 Å². The zero-order valence-corrected chi connectivity index (χ0v) is 10.0. The van der Waals surface area contributed by atoms with Crippen molar-refractivity contribution >= 4 is 5.82 Å². The Balaban J connectivity index is 2.37. The van der Waals surface area contributed by atoms with Gasteiger partial charge in [0.1, 0.15) is 5.82 Å². The van der Waals surface area contributed by atoms with Crippen LogP contribution in [-0.2, 0) is 6.54 Å². The minimum atomic E-state index is -0.320. The third-order valence-electron chi connectivity index (χ3n) is 2.67. The molecule has 96 valence electrons. The normalized spacial score (nSPS) is 12.6.